The first-order valence-corrected chi connectivity index (χ1v) is 7.78. The Morgan fingerprint density at radius 3 is 2.08 bits per heavy atom. The van der Waals surface area contributed by atoms with Gasteiger partial charge in [0.25, 0.3) is 0 Å². The summed E-state index contributed by atoms with van der Waals surface area (Å²) in [4.78, 5) is 31.4. The van der Waals surface area contributed by atoms with Crippen molar-refractivity contribution in [3.63, 3.8) is 0 Å². The van der Waals surface area contributed by atoms with Gasteiger partial charge in [-0.05, 0) is 25.0 Å². The summed E-state index contributed by atoms with van der Waals surface area (Å²) >= 11 is 0. The van der Waals surface area contributed by atoms with Gasteiger partial charge in [0, 0.05) is 18.7 Å². The van der Waals surface area contributed by atoms with E-state index in [1.807, 2.05) is 30.3 Å². The maximum absolute atomic E-state index is 11.6. The Morgan fingerprint density at radius 2 is 1.58 bits per heavy atom. The molecule has 0 aliphatic rings. The first-order chi connectivity index (χ1) is 12.2. The summed E-state index contributed by atoms with van der Waals surface area (Å²) in [6.45, 7) is 0.649. The van der Waals surface area contributed by atoms with E-state index in [0.29, 0.717) is 13.0 Å². The Hall–Kier alpha value is -2.62. The van der Waals surface area contributed by atoms with Gasteiger partial charge in [0.05, 0.1) is 6.54 Å². The van der Waals surface area contributed by atoms with Crippen molar-refractivity contribution in [3.05, 3.63) is 30.3 Å². The van der Waals surface area contributed by atoms with Crippen molar-refractivity contribution in [2.45, 2.75) is 31.9 Å². The number of hydrogen-bond acceptors (Lipinski definition) is 4. The van der Waals surface area contributed by atoms with Gasteiger partial charge in [0.1, 0.15) is 0 Å². The van der Waals surface area contributed by atoms with E-state index in [4.69, 9.17) is 15.6 Å². The number of carboxylic acids is 1. The lowest BCUT2D eigenvalue weighted by Crippen LogP contribution is -2.30. The van der Waals surface area contributed by atoms with E-state index in [-0.39, 0.29) is 18.4 Å². The number of nitrogens with one attached hydrogen (secondary N) is 2. The molecule has 1 aromatic carbocycles. The van der Waals surface area contributed by atoms with Crippen LogP contribution in [0.15, 0.2) is 30.3 Å². The highest BCUT2D eigenvalue weighted by molar-refractivity contribution is 5.90. The second kappa shape index (κ2) is 12.7. The number of alkyl halides is 3. The number of hydrogen-bond donors (Lipinski definition) is 4. The van der Waals surface area contributed by atoms with Gasteiger partial charge < -0.3 is 21.5 Å². The van der Waals surface area contributed by atoms with Gasteiger partial charge in [0.15, 0.2) is 0 Å². The lowest BCUT2D eigenvalue weighted by atomic mass is 10.2. The lowest BCUT2D eigenvalue weighted by molar-refractivity contribution is -0.192. The maximum atomic E-state index is 11.6. The Kier molecular flexibility index (Phi) is 11.4. The van der Waals surface area contributed by atoms with Gasteiger partial charge in [-0.1, -0.05) is 24.6 Å². The quantitative estimate of drug-likeness (QED) is 0.516. The van der Waals surface area contributed by atoms with Crippen molar-refractivity contribution in [2.75, 3.05) is 18.4 Å². The molecule has 1 rings (SSSR count). The molecule has 0 spiro atoms. The summed E-state index contributed by atoms with van der Waals surface area (Å²) in [6, 6.07) is 9.40. The van der Waals surface area contributed by atoms with E-state index in [1.54, 1.807) is 0 Å². The molecule has 10 heteroatoms. The zero-order chi connectivity index (χ0) is 20.0. The highest BCUT2D eigenvalue weighted by atomic mass is 19.4. The van der Waals surface area contributed by atoms with Gasteiger partial charge in [-0.2, -0.15) is 13.2 Å². The Morgan fingerprint density at radius 1 is 1.00 bits per heavy atom. The summed E-state index contributed by atoms with van der Waals surface area (Å²) in [7, 11) is 0. The average Bonchev–Trinajstić information content (AvgIpc) is 2.58. The van der Waals surface area contributed by atoms with E-state index in [9.17, 15) is 22.8 Å². The van der Waals surface area contributed by atoms with Crippen LogP contribution in [-0.4, -0.2) is 42.2 Å². The van der Waals surface area contributed by atoms with Crippen molar-refractivity contribution in [1.82, 2.24) is 5.32 Å². The van der Waals surface area contributed by atoms with Crippen LogP contribution in [0.2, 0.25) is 0 Å². The minimum atomic E-state index is -5.08. The predicted molar refractivity (Wildman–Crippen MR) is 89.3 cm³/mol. The minimum absolute atomic E-state index is 0.0252. The second-order valence-corrected chi connectivity index (χ2v) is 5.08. The molecule has 0 aliphatic heterocycles. The number of anilines is 1. The SMILES string of the molecule is NCC(=O)NCCCCCC(=O)Nc1ccccc1.O=C(O)C(F)(F)F. The van der Waals surface area contributed by atoms with Gasteiger partial charge >= 0.3 is 12.1 Å². The zero-order valence-corrected chi connectivity index (χ0v) is 14.0. The van der Waals surface area contributed by atoms with Crippen LogP contribution in [0.1, 0.15) is 25.7 Å². The number of benzene rings is 1. The van der Waals surface area contributed by atoms with Crippen LogP contribution >= 0.6 is 0 Å². The van der Waals surface area contributed by atoms with Crippen LogP contribution in [0.5, 0.6) is 0 Å². The van der Waals surface area contributed by atoms with E-state index >= 15 is 0 Å². The van der Waals surface area contributed by atoms with Gasteiger partial charge in [-0.3, -0.25) is 9.59 Å². The largest absolute Gasteiger partial charge is 0.490 e. The van der Waals surface area contributed by atoms with E-state index < -0.39 is 12.1 Å². The highest BCUT2D eigenvalue weighted by Crippen LogP contribution is 2.13. The number of carbonyl (C=O) groups is 3. The van der Waals surface area contributed by atoms with E-state index in [2.05, 4.69) is 10.6 Å². The molecule has 0 fully saturated rings. The van der Waals surface area contributed by atoms with Crippen molar-refractivity contribution in [1.29, 1.82) is 0 Å². The third-order valence-corrected chi connectivity index (χ3v) is 2.89. The third kappa shape index (κ3) is 12.8. The van der Waals surface area contributed by atoms with E-state index in [0.717, 1.165) is 24.9 Å². The van der Waals surface area contributed by atoms with E-state index in [1.165, 1.54) is 0 Å². The second-order valence-electron chi connectivity index (χ2n) is 5.08. The fourth-order valence-corrected chi connectivity index (χ4v) is 1.63. The Labute approximate surface area is 148 Å². The number of unbranched alkanes of at least 4 members (excludes halogenated alkanes) is 2. The van der Waals surface area contributed by atoms with Crippen LogP contribution in [0, 0.1) is 0 Å². The standard InChI is InChI=1S/C14H21N3O2.C2HF3O2/c15-11-14(19)16-10-6-2-5-9-13(18)17-12-7-3-1-4-8-12;3-2(4,5)1(6)7/h1,3-4,7-8H,2,5-6,9-11,15H2,(H,16,19)(H,17,18);(H,6,7). The minimum Gasteiger partial charge on any atom is -0.475 e. The molecule has 0 aromatic heterocycles. The number of para-hydroxylation sites is 1. The first kappa shape index (κ1) is 23.4. The van der Waals surface area contributed by atoms with Gasteiger partial charge in [-0.25, -0.2) is 4.79 Å². The topological polar surface area (TPSA) is 122 Å². The molecule has 0 aliphatic carbocycles. The molecule has 146 valence electrons. The number of nitrogens with two attached hydrogens (primary N) is 1. The van der Waals surface area contributed by atoms with Crippen molar-refractivity contribution < 1.29 is 32.7 Å². The Balaban J connectivity index is 0.000000758. The van der Waals surface area contributed by atoms with Crippen molar-refractivity contribution in [3.8, 4) is 0 Å². The summed E-state index contributed by atoms with van der Waals surface area (Å²) in [5, 5.41) is 12.7. The number of rotatable bonds is 8. The molecule has 0 unspecified atom stereocenters. The Bertz CT molecular complexity index is 566. The van der Waals surface area contributed by atoms with Crippen LogP contribution in [0.4, 0.5) is 18.9 Å². The molecule has 7 nitrogen and oxygen atoms in total. The smallest absolute Gasteiger partial charge is 0.475 e. The zero-order valence-electron chi connectivity index (χ0n) is 14.0. The lowest BCUT2D eigenvalue weighted by Gasteiger charge is -2.05. The monoisotopic (exact) mass is 377 g/mol. The average molecular weight is 377 g/mol. The fourth-order valence-electron chi connectivity index (χ4n) is 1.63. The number of carboxylic acid groups (broad SMARTS) is 1. The molecule has 1 aromatic rings. The summed E-state index contributed by atoms with van der Waals surface area (Å²) in [5.74, 6) is -2.87. The number of amides is 2. The number of halogens is 3. The number of aliphatic carboxylic acids is 1. The van der Waals surface area contributed by atoms with Crippen molar-refractivity contribution in [2.24, 2.45) is 5.73 Å². The molecular formula is C16H22F3N3O4. The van der Waals surface area contributed by atoms with Gasteiger partial charge in [-0.15, -0.1) is 0 Å². The van der Waals surface area contributed by atoms with Crippen molar-refractivity contribution >= 4 is 23.5 Å². The number of carbonyl (C=O) groups excluding carboxylic acids is 2. The molecule has 0 saturated heterocycles. The van der Waals surface area contributed by atoms with Gasteiger partial charge in [0.2, 0.25) is 11.8 Å². The molecule has 0 atom stereocenters. The molecule has 5 N–H and O–H groups in total. The molecule has 0 bridgehead atoms. The molecule has 0 radical (unpaired) electrons. The third-order valence-electron chi connectivity index (χ3n) is 2.89. The predicted octanol–water partition coefficient (Wildman–Crippen LogP) is 1.89. The van der Waals surface area contributed by atoms with Crippen LogP contribution in [-0.2, 0) is 14.4 Å². The fraction of sp³-hybridized carbons (Fsp3) is 0.438. The summed E-state index contributed by atoms with van der Waals surface area (Å²) < 4.78 is 31.7. The normalized spacial score (nSPS) is 10.3. The summed E-state index contributed by atoms with van der Waals surface area (Å²) in [6.07, 6.45) is -1.99. The molecular weight excluding hydrogens is 355 g/mol. The van der Waals surface area contributed by atoms with Crippen LogP contribution < -0.4 is 16.4 Å². The highest BCUT2D eigenvalue weighted by Gasteiger charge is 2.38. The molecule has 0 heterocycles. The maximum Gasteiger partial charge on any atom is 0.490 e. The first-order valence-electron chi connectivity index (χ1n) is 7.78. The molecule has 26 heavy (non-hydrogen) atoms. The summed E-state index contributed by atoms with van der Waals surface area (Å²) in [5.41, 5.74) is 5.98. The molecule has 0 saturated carbocycles. The molecule has 2 amide bonds. The van der Waals surface area contributed by atoms with Crippen LogP contribution in [0.25, 0.3) is 0 Å². The van der Waals surface area contributed by atoms with Crippen LogP contribution in [0.3, 0.4) is 0 Å².